The van der Waals surface area contributed by atoms with Crippen molar-refractivity contribution in [3.8, 4) is 0 Å². The predicted molar refractivity (Wildman–Crippen MR) is 111 cm³/mol. The number of nitrogens with zero attached hydrogens (tertiary/aromatic N) is 4. The smallest absolute Gasteiger partial charge is 0.272 e. The standard InChI is InChI=1S/C18H25N5O2S2/c1-11(2)5-7-19-14(24)10-27-18-21-20-17-22(9-12(3)4)16(25)15-13(23(17)18)6-8-26-15/h6,8,11-12H,5,7,9-10H2,1-4H3,(H,19,24). The van der Waals surface area contributed by atoms with Gasteiger partial charge in [-0.2, -0.15) is 0 Å². The van der Waals surface area contributed by atoms with E-state index in [1.807, 2.05) is 15.8 Å². The van der Waals surface area contributed by atoms with Crippen molar-refractivity contribution in [2.75, 3.05) is 12.3 Å². The van der Waals surface area contributed by atoms with Gasteiger partial charge in [0.15, 0.2) is 5.16 Å². The molecule has 0 radical (unpaired) electrons. The molecule has 0 saturated carbocycles. The molecule has 3 heterocycles. The van der Waals surface area contributed by atoms with Crippen LogP contribution in [0.15, 0.2) is 21.4 Å². The van der Waals surface area contributed by atoms with Gasteiger partial charge in [0.05, 0.1) is 11.3 Å². The molecule has 146 valence electrons. The third-order valence-electron chi connectivity index (χ3n) is 4.11. The summed E-state index contributed by atoms with van der Waals surface area (Å²) in [5.74, 6) is 1.65. The molecule has 0 unspecified atom stereocenters. The number of hydrogen-bond donors (Lipinski definition) is 1. The maximum Gasteiger partial charge on any atom is 0.272 e. The van der Waals surface area contributed by atoms with Gasteiger partial charge in [-0.05, 0) is 29.7 Å². The summed E-state index contributed by atoms with van der Waals surface area (Å²) in [5, 5.41) is 14.0. The Morgan fingerprint density at radius 2 is 2.04 bits per heavy atom. The molecule has 0 fully saturated rings. The van der Waals surface area contributed by atoms with Crippen molar-refractivity contribution in [1.82, 2.24) is 24.5 Å². The van der Waals surface area contributed by atoms with Crippen molar-refractivity contribution in [2.45, 2.75) is 45.8 Å². The zero-order valence-electron chi connectivity index (χ0n) is 16.1. The molecular weight excluding hydrogens is 382 g/mol. The molecule has 1 amide bonds. The zero-order chi connectivity index (χ0) is 19.6. The van der Waals surface area contributed by atoms with Gasteiger partial charge < -0.3 is 5.32 Å². The van der Waals surface area contributed by atoms with Gasteiger partial charge in [-0.25, -0.2) is 0 Å². The Balaban J connectivity index is 1.88. The van der Waals surface area contributed by atoms with E-state index in [-0.39, 0.29) is 17.2 Å². The molecule has 3 aromatic rings. The topological polar surface area (TPSA) is 81.3 Å². The molecule has 0 aliphatic rings. The molecule has 0 aliphatic carbocycles. The number of rotatable bonds is 8. The number of thioether (sulfide) groups is 1. The van der Waals surface area contributed by atoms with Crippen molar-refractivity contribution in [2.24, 2.45) is 11.8 Å². The normalized spacial score (nSPS) is 11.9. The molecular formula is C18H25N5O2S2. The highest BCUT2D eigenvalue weighted by Crippen LogP contribution is 2.24. The highest BCUT2D eigenvalue weighted by atomic mass is 32.2. The number of carbonyl (C=O) groups excluding carboxylic acids is 1. The molecule has 27 heavy (non-hydrogen) atoms. The summed E-state index contributed by atoms with van der Waals surface area (Å²) in [6.07, 6.45) is 0.960. The number of nitrogens with one attached hydrogen (secondary N) is 1. The van der Waals surface area contributed by atoms with Crippen LogP contribution in [0, 0.1) is 11.8 Å². The van der Waals surface area contributed by atoms with E-state index in [4.69, 9.17) is 0 Å². The number of thiophene rings is 1. The lowest BCUT2D eigenvalue weighted by Crippen LogP contribution is -2.27. The van der Waals surface area contributed by atoms with Crippen LogP contribution in [0.4, 0.5) is 0 Å². The first-order valence-electron chi connectivity index (χ1n) is 9.13. The fraction of sp³-hybridized carbons (Fsp3) is 0.556. The Morgan fingerprint density at radius 1 is 1.26 bits per heavy atom. The van der Waals surface area contributed by atoms with E-state index in [0.717, 1.165) is 11.9 Å². The van der Waals surface area contributed by atoms with Gasteiger partial charge in [0.1, 0.15) is 4.70 Å². The number of hydrogen-bond acceptors (Lipinski definition) is 6. The number of aromatic nitrogens is 4. The summed E-state index contributed by atoms with van der Waals surface area (Å²) in [4.78, 5) is 24.9. The van der Waals surface area contributed by atoms with Crippen LogP contribution < -0.4 is 10.9 Å². The van der Waals surface area contributed by atoms with Gasteiger partial charge in [0.25, 0.3) is 5.56 Å². The molecule has 0 bridgehead atoms. The quantitative estimate of drug-likeness (QED) is 0.581. The summed E-state index contributed by atoms with van der Waals surface area (Å²) in [6, 6.07) is 1.91. The van der Waals surface area contributed by atoms with Crippen LogP contribution in [0.5, 0.6) is 0 Å². The van der Waals surface area contributed by atoms with Crippen molar-refractivity contribution in [3.63, 3.8) is 0 Å². The Morgan fingerprint density at radius 3 is 2.74 bits per heavy atom. The number of amides is 1. The number of fused-ring (bicyclic) bond motifs is 3. The molecule has 1 N–H and O–H groups in total. The molecule has 0 atom stereocenters. The minimum Gasteiger partial charge on any atom is -0.355 e. The first-order chi connectivity index (χ1) is 12.9. The van der Waals surface area contributed by atoms with E-state index >= 15 is 0 Å². The fourth-order valence-corrected chi connectivity index (χ4v) is 4.40. The van der Waals surface area contributed by atoms with E-state index in [9.17, 15) is 9.59 Å². The van der Waals surface area contributed by atoms with E-state index in [2.05, 4.69) is 43.2 Å². The lowest BCUT2D eigenvalue weighted by Gasteiger charge is -2.11. The summed E-state index contributed by atoms with van der Waals surface area (Å²) in [5.41, 5.74) is 0.768. The van der Waals surface area contributed by atoms with Gasteiger partial charge in [0.2, 0.25) is 11.7 Å². The van der Waals surface area contributed by atoms with Crippen molar-refractivity contribution >= 4 is 45.0 Å². The molecule has 0 spiro atoms. The van der Waals surface area contributed by atoms with E-state index in [0.29, 0.717) is 40.6 Å². The second-order valence-corrected chi connectivity index (χ2v) is 9.24. The van der Waals surface area contributed by atoms with Gasteiger partial charge in [-0.3, -0.25) is 18.6 Å². The van der Waals surface area contributed by atoms with Gasteiger partial charge >= 0.3 is 0 Å². The van der Waals surface area contributed by atoms with E-state index in [1.165, 1.54) is 23.1 Å². The Kier molecular flexibility index (Phi) is 6.21. The predicted octanol–water partition coefficient (Wildman–Crippen LogP) is 3.02. The lowest BCUT2D eigenvalue weighted by atomic mass is 10.1. The Bertz CT molecular complexity index is 1000. The second-order valence-electron chi connectivity index (χ2n) is 7.38. The minimum atomic E-state index is -0.0309. The third-order valence-corrected chi connectivity index (χ3v) is 5.93. The fourth-order valence-electron chi connectivity index (χ4n) is 2.80. The summed E-state index contributed by atoms with van der Waals surface area (Å²) < 4.78 is 4.26. The highest BCUT2D eigenvalue weighted by Gasteiger charge is 2.18. The minimum absolute atomic E-state index is 0.0190. The zero-order valence-corrected chi connectivity index (χ0v) is 17.7. The maximum atomic E-state index is 12.8. The second kappa shape index (κ2) is 8.43. The average molecular weight is 408 g/mol. The van der Waals surface area contributed by atoms with E-state index < -0.39 is 0 Å². The van der Waals surface area contributed by atoms with Crippen LogP contribution in [0.3, 0.4) is 0 Å². The molecule has 0 aromatic carbocycles. The highest BCUT2D eigenvalue weighted by molar-refractivity contribution is 7.99. The lowest BCUT2D eigenvalue weighted by molar-refractivity contribution is -0.118. The molecule has 0 saturated heterocycles. The van der Waals surface area contributed by atoms with Crippen LogP contribution in [0.1, 0.15) is 34.1 Å². The maximum absolute atomic E-state index is 12.8. The van der Waals surface area contributed by atoms with Crippen molar-refractivity contribution in [3.05, 3.63) is 21.8 Å². The summed E-state index contributed by atoms with van der Waals surface area (Å²) >= 11 is 2.76. The Hall–Kier alpha value is -1.87. The third kappa shape index (κ3) is 4.35. The van der Waals surface area contributed by atoms with Crippen molar-refractivity contribution < 1.29 is 4.79 Å². The van der Waals surface area contributed by atoms with Crippen LogP contribution in [-0.4, -0.2) is 37.4 Å². The average Bonchev–Trinajstić information content (AvgIpc) is 3.22. The molecule has 7 nitrogen and oxygen atoms in total. The van der Waals surface area contributed by atoms with Gasteiger partial charge in [-0.1, -0.05) is 39.5 Å². The van der Waals surface area contributed by atoms with Crippen molar-refractivity contribution in [1.29, 1.82) is 0 Å². The van der Waals surface area contributed by atoms with Crippen LogP contribution in [0.2, 0.25) is 0 Å². The van der Waals surface area contributed by atoms with Gasteiger partial charge in [0, 0.05) is 13.1 Å². The van der Waals surface area contributed by atoms with Crippen LogP contribution >= 0.6 is 23.1 Å². The largest absolute Gasteiger partial charge is 0.355 e. The van der Waals surface area contributed by atoms with Crippen LogP contribution in [-0.2, 0) is 11.3 Å². The molecule has 3 rings (SSSR count). The summed E-state index contributed by atoms with van der Waals surface area (Å²) in [6.45, 7) is 9.65. The molecule has 0 aliphatic heterocycles. The molecule has 9 heteroatoms. The first-order valence-corrected chi connectivity index (χ1v) is 11.0. The van der Waals surface area contributed by atoms with Gasteiger partial charge in [-0.15, -0.1) is 21.5 Å². The molecule has 3 aromatic heterocycles. The number of carbonyl (C=O) groups is 1. The first kappa shape index (κ1) is 19.9. The van der Waals surface area contributed by atoms with Crippen LogP contribution in [0.25, 0.3) is 16.0 Å². The Labute approximate surface area is 166 Å². The SMILES string of the molecule is CC(C)CCNC(=O)CSc1nnc2n(CC(C)C)c(=O)c3sccc3n12. The monoisotopic (exact) mass is 407 g/mol. The van der Waals surface area contributed by atoms with E-state index in [1.54, 1.807) is 4.57 Å². The summed E-state index contributed by atoms with van der Waals surface area (Å²) in [7, 11) is 0.